The molecule has 0 N–H and O–H groups in total. The van der Waals surface area contributed by atoms with Crippen LogP contribution in [0.1, 0.15) is 16.1 Å². The van der Waals surface area contributed by atoms with Crippen LogP contribution in [0.25, 0.3) is 10.9 Å². The van der Waals surface area contributed by atoms with Gasteiger partial charge in [0.05, 0.1) is 23.2 Å². The molecule has 16 heavy (non-hydrogen) atoms. The van der Waals surface area contributed by atoms with Crippen LogP contribution in [0.2, 0.25) is 5.02 Å². The molecule has 4 heteroatoms. The zero-order chi connectivity index (χ0) is 11.7. The monoisotopic (exact) mass is 235 g/mol. The molecular weight excluding hydrogens is 226 g/mol. The Morgan fingerprint density at radius 3 is 2.88 bits per heavy atom. The molecule has 0 aliphatic heterocycles. The summed E-state index contributed by atoms with van der Waals surface area (Å²) in [7, 11) is 1.36. The minimum absolute atomic E-state index is 0.377. The van der Waals surface area contributed by atoms with Crippen molar-refractivity contribution in [1.82, 2.24) is 4.98 Å². The molecule has 2 aromatic rings. The van der Waals surface area contributed by atoms with Crippen molar-refractivity contribution < 1.29 is 9.53 Å². The molecule has 1 aromatic carbocycles. The Kier molecular flexibility index (Phi) is 2.79. The van der Waals surface area contributed by atoms with Gasteiger partial charge in [0.25, 0.3) is 0 Å². The molecule has 0 fully saturated rings. The number of fused-ring (bicyclic) bond motifs is 1. The van der Waals surface area contributed by atoms with Crippen molar-refractivity contribution in [2.75, 3.05) is 7.11 Å². The lowest BCUT2D eigenvalue weighted by Gasteiger charge is -2.06. The highest BCUT2D eigenvalue weighted by Crippen LogP contribution is 2.25. The lowest BCUT2D eigenvalue weighted by atomic mass is 10.1. The summed E-state index contributed by atoms with van der Waals surface area (Å²) in [5.41, 5.74) is 1.86. The third-order valence-corrected chi connectivity index (χ3v) is 2.63. The second-order valence-corrected chi connectivity index (χ2v) is 3.85. The fraction of sp³-hybridized carbons (Fsp3) is 0.167. The highest BCUT2D eigenvalue weighted by atomic mass is 35.5. The van der Waals surface area contributed by atoms with Crippen molar-refractivity contribution in [2.24, 2.45) is 0 Å². The van der Waals surface area contributed by atoms with Crippen LogP contribution >= 0.6 is 11.6 Å². The van der Waals surface area contributed by atoms with Crippen LogP contribution < -0.4 is 0 Å². The fourth-order valence-electron chi connectivity index (χ4n) is 1.62. The minimum Gasteiger partial charge on any atom is -0.465 e. The minimum atomic E-state index is -0.377. The van der Waals surface area contributed by atoms with Gasteiger partial charge in [-0.2, -0.15) is 0 Å². The summed E-state index contributed by atoms with van der Waals surface area (Å²) in [5, 5.41) is 1.25. The third kappa shape index (κ3) is 1.74. The SMILES string of the molecule is COC(=O)c1cc(C)nc2c(Cl)cccc12. The number of rotatable bonds is 1. The number of para-hydroxylation sites is 1. The van der Waals surface area contributed by atoms with Gasteiger partial charge in [-0.25, -0.2) is 4.79 Å². The average Bonchev–Trinajstić information content (AvgIpc) is 2.28. The number of carbonyl (C=O) groups is 1. The predicted molar refractivity (Wildman–Crippen MR) is 62.8 cm³/mol. The lowest BCUT2D eigenvalue weighted by molar-refractivity contribution is 0.0603. The van der Waals surface area contributed by atoms with E-state index >= 15 is 0 Å². The number of esters is 1. The predicted octanol–water partition coefficient (Wildman–Crippen LogP) is 2.98. The summed E-state index contributed by atoms with van der Waals surface area (Å²) >= 11 is 6.03. The first kappa shape index (κ1) is 10.9. The summed E-state index contributed by atoms with van der Waals surface area (Å²) in [6.45, 7) is 1.81. The topological polar surface area (TPSA) is 39.2 Å². The van der Waals surface area contributed by atoms with E-state index in [1.165, 1.54) is 7.11 Å². The molecule has 0 saturated carbocycles. The Morgan fingerprint density at radius 2 is 2.19 bits per heavy atom. The highest BCUT2D eigenvalue weighted by molar-refractivity contribution is 6.35. The molecule has 0 unspecified atom stereocenters. The van der Waals surface area contributed by atoms with Crippen LogP contribution in [-0.2, 0) is 4.74 Å². The number of pyridine rings is 1. The Labute approximate surface area is 98.0 Å². The van der Waals surface area contributed by atoms with Crippen LogP contribution in [0.3, 0.4) is 0 Å². The van der Waals surface area contributed by atoms with Gasteiger partial charge < -0.3 is 4.74 Å². The smallest absolute Gasteiger partial charge is 0.338 e. The van der Waals surface area contributed by atoms with Crippen LogP contribution in [0, 0.1) is 6.92 Å². The Bertz CT molecular complexity index is 566. The lowest BCUT2D eigenvalue weighted by Crippen LogP contribution is -2.03. The number of aromatic nitrogens is 1. The van der Waals surface area contributed by atoms with E-state index in [0.29, 0.717) is 21.5 Å². The second kappa shape index (κ2) is 4.10. The standard InChI is InChI=1S/C12H10ClNO2/c1-7-6-9(12(15)16-2)8-4-3-5-10(13)11(8)14-7/h3-6H,1-2H3. The van der Waals surface area contributed by atoms with Crippen molar-refractivity contribution >= 4 is 28.5 Å². The number of aryl methyl sites for hydroxylation is 1. The molecule has 2 rings (SSSR count). The van der Waals surface area contributed by atoms with E-state index in [1.54, 1.807) is 24.3 Å². The van der Waals surface area contributed by atoms with Crippen LogP contribution in [0.15, 0.2) is 24.3 Å². The Balaban J connectivity index is 2.83. The molecule has 82 valence electrons. The molecular formula is C12H10ClNO2. The van der Waals surface area contributed by atoms with Gasteiger partial charge >= 0.3 is 5.97 Å². The van der Waals surface area contributed by atoms with Crippen molar-refractivity contribution in [2.45, 2.75) is 6.92 Å². The number of methoxy groups -OCH3 is 1. The third-order valence-electron chi connectivity index (χ3n) is 2.32. The van der Waals surface area contributed by atoms with E-state index in [0.717, 1.165) is 5.69 Å². The molecule has 0 saturated heterocycles. The van der Waals surface area contributed by atoms with Crippen molar-refractivity contribution in [3.63, 3.8) is 0 Å². The van der Waals surface area contributed by atoms with Crippen molar-refractivity contribution in [3.8, 4) is 0 Å². The molecule has 0 aliphatic rings. The molecule has 0 atom stereocenters. The molecule has 3 nitrogen and oxygen atoms in total. The largest absolute Gasteiger partial charge is 0.465 e. The van der Waals surface area contributed by atoms with Gasteiger partial charge in [-0.05, 0) is 19.1 Å². The van der Waals surface area contributed by atoms with E-state index < -0.39 is 0 Å². The summed E-state index contributed by atoms with van der Waals surface area (Å²) in [4.78, 5) is 15.9. The molecule has 1 heterocycles. The molecule has 1 aromatic heterocycles. The van der Waals surface area contributed by atoms with Crippen LogP contribution in [0.4, 0.5) is 0 Å². The zero-order valence-corrected chi connectivity index (χ0v) is 9.71. The fourth-order valence-corrected chi connectivity index (χ4v) is 1.84. The maximum Gasteiger partial charge on any atom is 0.338 e. The number of halogens is 1. The van der Waals surface area contributed by atoms with Crippen LogP contribution in [-0.4, -0.2) is 18.1 Å². The van der Waals surface area contributed by atoms with Gasteiger partial charge in [-0.1, -0.05) is 23.7 Å². The van der Waals surface area contributed by atoms with Crippen molar-refractivity contribution in [1.29, 1.82) is 0 Å². The summed E-state index contributed by atoms with van der Waals surface area (Å²) in [6.07, 6.45) is 0. The first-order valence-electron chi connectivity index (χ1n) is 4.77. The Morgan fingerprint density at radius 1 is 1.44 bits per heavy atom. The quantitative estimate of drug-likeness (QED) is 0.714. The summed E-state index contributed by atoms with van der Waals surface area (Å²) in [5.74, 6) is -0.377. The number of carbonyl (C=O) groups excluding carboxylic acids is 1. The number of hydrogen-bond acceptors (Lipinski definition) is 3. The molecule has 0 radical (unpaired) electrons. The van der Waals surface area contributed by atoms with Crippen LogP contribution in [0.5, 0.6) is 0 Å². The molecule has 0 amide bonds. The van der Waals surface area contributed by atoms with Gasteiger partial charge in [0, 0.05) is 11.1 Å². The van der Waals surface area contributed by atoms with Gasteiger partial charge in [0.15, 0.2) is 0 Å². The van der Waals surface area contributed by atoms with E-state index in [-0.39, 0.29) is 5.97 Å². The number of ether oxygens (including phenoxy) is 1. The second-order valence-electron chi connectivity index (χ2n) is 3.44. The number of hydrogen-bond donors (Lipinski definition) is 0. The first-order chi connectivity index (χ1) is 7.63. The first-order valence-corrected chi connectivity index (χ1v) is 5.15. The number of benzene rings is 1. The van der Waals surface area contributed by atoms with E-state index in [4.69, 9.17) is 16.3 Å². The molecule has 0 aliphatic carbocycles. The number of nitrogens with zero attached hydrogens (tertiary/aromatic N) is 1. The van der Waals surface area contributed by atoms with Gasteiger partial charge in [0.2, 0.25) is 0 Å². The maximum absolute atomic E-state index is 11.6. The maximum atomic E-state index is 11.6. The van der Waals surface area contributed by atoms with E-state index in [9.17, 15) is 4.79 Å². The normalized spacial score (nSPS) is 10.4. The van der Waals surface area contributed by atoms with Gasteiger partial charge in [0.1, 0.15) is 0 Å². The Hall–Kier alpha value is -1.61. The highest BCUT2D eigenvalue weighted by Gasteiger charge is 2.13. The summed E-state index contributed by atoms with van der Waals surface area (Å²) in [6, 6.07) is 7.04. The van der Waals surface area contributed by atoms with Gasteiger partial charge in [-0.15, -0.1) is 0 Å². The summed E-state index contributed by atoms with van der Waals surface area (Å²) < 4.78 is 4.73. The average molecular weight is 236 g/mol. The molecule has 0 spiro atoms. The zero-order valence-electron chi connectivity index (χ0n) is 8.95. The van der Waals surface area contributed by atoms with Crippen molar-refractivity contribution in [3.05, 3.63) is 40.5 Å². The van der Waals surface area contributed by atoms with Gasteiger partial charge in [-0.3, -0.25) is 4.98 Å². The van der Waals surface area contributed by atoms with E-state index in [2.05, 4.69) is 4.98 Å². The van der Waals surface area contributed by atoms with E-state index in [1.807, 2.05) is 6.92 Å². The molecule has 0 bridgehead atoms.